The molecular formula is C19H25N3O2. The minimum atomic E-state index is 0.118. The predicted molar refractivity (Wildman–Crippen MR) is 94.5 cm³/mol. The number of ether oxygens (including phenoxy) is 2. The summed E-state index contributed by atoms with van der Waals surface area (Å²) in [6.07, 6.45) is 3.57. The molecule has 2 aromatic rings. The van der Waals surface area contributed by atoms with Crippen LogP contribution in [0.3, 0.4) is 0 Å². The molecule has 1 saturated carbocycles. The number of methoxy groups -OCH3 is 2. The Bertz CT molecular complexity index is 699. The first-order valence-electron chi connectivity index (χ1n) is 8.38. The van der Waals surface area contributed by atoms with Crippen molar-refractivity contribution < 1.29 is 9.47 Å². The highest BCUT2D eigenvalue weighted by molar-refractivity contribution is 5.44. The Morgan fingerprint density at radius 2 is 1.96 bits per heavy atom. The van der Waals surface area contributed by atoms with Crippen LogP contribution in [-0.4, -0.2) is 30.7 Å². The van der Waals surface area contributed by atoms with Gasteiger partial charge >= 0.3 is 0 Å². The number of rotatable bonds is 7. The van der Waals surface area contributed by atoms with E-state index in [1.165, 1.54) is 12.0 Å². The quantitative estimate of drug-likeness (QED) is 0.844. The maximum atomic E-state index is 5.58. The van der Waals surface area contributed by atoms with Crippen molar-refractivity contribution in [1.82, 2.24) is 9.97 Å². The third-order valence-electron chi connectivity index (χ3n) is 4.77. The van der Waals surface area contributed by atoms with Gasteiger partial charge in [-0.25, -0.2) is 9.97 Å². The maximum absolute atomic E-state index is 5.58. The van der Waals surface area contributed by atoms with Gasteiger partial charge in [0.25, 0.3) is 0 Å². The van der Waals surface area contributed by atoms with Crippen LogP contribution in [0.15, 0.2) is 30.3 Å². The van der Waals surface area contributed by atoms with Crippen LogP contribution >= 0.6 is 0 Å². The Morgan fingerprint density at radius 1 is 1.17 bits per heavy atom. The van der Waals surface area contributed by atoms with Gasteiger partial charge in [-0.1, -0.05) is 24.6 Å². The van der Waals surface area contributed by atoms with Gasteiger partial charge in [0.1, 0.15) is 18.2 Å². The minimum absolute atomic E-state index is 0.118. The Balaban J connectivity index is 1.79. The average Bonchev–Trinajstić information content (AvgIpc) is 2.54. The molecule has 0 atom stereocenters. The first-order valence-corrected chi connectivity index (χ1v) is 8.38. The van der Waals surface area contributed by atoms with E-state index >= 15 is 0 Å². The van der Waals surface area contributed by atoms with Gasteiger partial charge in [-0.15, -0.1) is 0 Å². The molecule has 1 aliphatic rings. The third kappa shape index (κ3) is 3.36. The van der Waals surface area contributed by atoms with Gasteiger partial charge in [-0.2, -0.15) is 0 Å². The number of hydrogen-bond donors (Lipinski definition) is 1. The average molecular weight is 327 g/mol. The second-order valence-electron chi connectivity index (χ2n) is 6.43. The molecule has 0 aliphatic heterocycles. The summed E-state index contributed by atoms with van der Waals surface area (Å²) in [5, 5.41) is 3.51. The molecule has 0 spiro atoms. The molecule has 5 heteroatoms. The first kappa shape index (κ1) is 16.7. The van der Waals surface area contributed by atoms with Crippen LogP contribution in [0.25, 0.3) is 0 Å². The number of anilines is 1. The lowest BCUT2D eigenvalue weighted by Gasteiger charge is -2.43. The van der Waals surface area contributed by atoms with E-state index in [-0.39, 0.29) is 5.41 Å². The zero-order chi connectivity index (χ0) is 17.0. The summed E-state index contributed by atoms with van der Waals surface area (Å²) >= 11 is 0. The van der Waals surface area contributed by atoms with Gasteiger partial charge in [-0.05, 0) is 25.8 Å². The smallest absolute Gasteiger partial charge is 0.156 e. The Hall–Kier alpha value is -2.14. The minimum Gasteiger partial charge on any atom is -0.496 e. The zero-order valence-corrected chi connectivity index (χ0v) is 14.6. The van der Waals surface area contributed by atoms with E-state index in [4.69, 9.17) is 9.47 Å². The van der Waals surface area contributed by atoms with E-state index in [2.05, 4.69) is 27.4 Å². The van der Waals surface area contributed by atoms with E-state index in [0.717, 1.165) is 36.6 Å². The van der Waals surface area contributed by atoms with Gasteiger partial charge in [0, 0.05) is 36.4 Å². The second kappa shape index (κ2) is 7.18. The van der Waals surface area contributed by atoms with Crippen molar-refractivity contribution in [2.24, 2.45) is 0 Å². The maximum Gasteiger partial charge on any atom is 0.156 e. The van der Waals surface area contributed by atoms with E-state index in [0.29, 0.717) is 12.4 Å². The lowest BCUT2D eigenvalue weighted by molar-refractivity contribution is 0.177. The molecule has 1 aliphatic carbocycles. The van der Waals surface area contributed by atoms with Gasteiger partial charge < -0.3 is 14.8 Å². The number of nitrogens with zero attached hydrogens (tertiary/aromatic N) is 2. The predicted octanol–water partition coefficient (Wildman–Crippen LogP) is 3.47. The molecular weight excluding hydrogens is 302 g/mol. The Morgan fingerprint density at radius 3 is 2.62 bits per heavy atom. The lowest BCUT2D eigenvalue weighted by Crippen LogP contribution is -2.41. The van der Waals surface area contributed by atoms with Crippen LogP contribution in [0.2, 0.25) is 0 Å². The van der Waals surface area contributed by atoms with Crippen LogP contribution < -0.4 is 10.1 Å². The SMILES string of the molecule is COCc1nc(C)cc(NCC2(c3ccccc3OC)CCC2)n1. The van der Waals surface area contributed by atoms with Crippen LogP contribution in [0.1, 0.15) is 36.3 Å². The molecule has 0 saturated heterocycles. The van der Waals surface area contributed by atoms with Crippen molar-refractivity contribution >= 4 is 5.82 Å². The van der Waals surface area contributed by atoms with Crippen molar-refractivity contribution in [2.75, 3.05) is 26.1 Å². The summed E-state index contributed by atoms with van der Waals surface area (Å²) in [6.45, 7) is 3.25. The van der Waals surface area contributed by atoms with Crippen molar-refractivity contribution in [2.45, 2.75) is 38.2 Å². The fourth-order valence-corrected chi connectivity index (χ4v) is 3.40. The first-order chi connectivity index (χ1) is 11.7. The number of aryl methyl sites for hydroxylation is 1. The molecule has 0 radical (unpaired) electrons. The summed E-state index contributed by atoms with van der Waals surface area (Å²) in [4.78, 5) is 8.93. The monoisotopic (exact) mass is 327 g/mol. The highest BCUT2D eigenvalue weighted by atomic mass is 16.5. The van der Waals surface area contributed by atoms with Crippen molar-refractivity contribution in [3.8, 4) is 5.75 Å². The fraction of sp³-hybridized carbons (Fsp3) is 0.474. The van der Waals surface area contributed by atoms with Crippen molar-refractivity contribution in [3.05, 3.63) is 47.4 Å². The summed E-state index contributed by atoms with van der Waals surface area (Å²) in [5.41, 5.74) is 2.35. The summed E-state index contributed by atoms with van der Waals surface area (Å²) in [6, 6.07) is 10.3. The van der Waals surface area contributed by atoms with Gasteiger partial charge in [-0.3, -0.25) is 0 Å². The topological polar surface area (TPSA) is 56.3 Å². The number of nitrogens with one attached hydrogen (secondary N) is 1. The molecule has 0 amide bonds. The Labute approximate surface area is 143 Å². The largest absolute Gasteiger partial charge is 0.496 e. The molecule has 5 nitrogen and oxygen atoms in total. The van der Waals surface area contributed by atoms with Crippen molar-refractivity contribution in [3.63, 3.8) is 0 Å². The summed E-state index contributed by atoms with van der Waals surface area (Å²) in [5.74, 6) is 2.54. The van der Waals surface area contributed by atoms with Crippen LogP contribution in [0, 0.1) is 6.92 Å². The standard InChI is InChI=1S/C19H25N3O2/c1-14-11-17(22-18(21-14)12-23-2)20-13-19(9-6-10-19)15-7-4-5-8-16(15)24-3/h4-5,7-8,11H,6,9-10,12-13H2,1-3H3,(H,20,21,22). The molecule has 128 valence electrons. The highest BCUT2D eigenvalue weighted by Gasteiger charge is 2.40. The van der Waals surface area contributed by atoms with Crippen molar-refractivity contribution in [1.29, 1.82) is 0 Å². The molecule has 1 aromatic heterocycles. The van der Waals surface area contributed by atoms with Gasteiger partial charge in [0.05, 0.1) is 7.11 Å². The molecule has 1 N–H and O–H groups in total. The Kier molecular flexibility index (Phi) is 5.00. The van der Waals surface area contributed by atoms with E-state index in [9.17, 15) is 0 Å². The number of benzene rings is 1. The number of para-hydroxylation sites is 1. The number of hydrogen-bond acceptors (Lipinski definition) is 5. The normalized spacial score (nSPS) is 15.6. The molecule has 0 bridgehead atoms. The molecule has 1 aromatic carbocycles. The fourth-order valence-electron chi connectivity index (χ4n) is 3.40. The summed E-state index contributed by atoms with van der Waals surface area (Å²) in [7, 11) is 3.40. The third-order valence-corrected chi connectivity index (χ3v) is 4.77. The molecule has 1 heterocycles. The van der Waals surface area contributed by atoms with Crippen LogP contribution in [0.4, 0.5) is 5.82 Å². The number of aromatic nitrogens is 2. The van der Waals surface area contributed by atoms with E-state index < -0.39 is 0 Å². The second-order valence-corrected chi connectivity index (χ2v) is 6.43. The van der Waals surface area contributed by atoms with E-state index in [1.807, 2.05) is 25.1 Å². The van der Waals surface area contributed by atoms with Gasteiger partial charge in [0.15, 0.2) is 5.82 Å². The van der Waals surface area contributed by atoms with Crippen LogP contribution in [-0.2, 0) is 16.8 Å². The summed E-state index contributed by atoms with van der Waals surface area (Å²) < 4.78 is 10.7. The molecule has 0 unspecified atom stereocenters. The van der Waals surface area contributed by atoms with Crippen LogP contribution in [0.5, 0.6) is 5.75 Å². The highest BCUT2D eigenvalue weighted by Crippen LogP contribution is 2.47. The lowest BCUT2D eigenvalue weighted by atomic mass is 9.64. The molecule has 3 rings (SSSR count). The molecule has 24 heavy (non-hydrogen) atoms. The zero-order valence-electron chi connectivity index (χ0n) is 14.6. The molecule has 1 fully saturated rings. The van der Waals surface area contributed by atoms with Gasteiger partial charge in [0.2, 0.25) is 0 Å². The van der Waals surface area contributed by atoms with E-state index in [1.54, 1.807) is 14.2 Å².